The molecule has 0 spiro atoms. The van der Waals surface area contributed by atoms with Gasteiger partial charge >= 0.3 is 0 Å². The number of hydrogen-bond acceptors (Lipinski definition) is 5. The predicted octanol–water partition coefficient (Wildman–Crippen LogP) is 2.77. The molecule has 2 heterocycles. The number of nitrogen functional groups attached to an aromatic ring is 1. The fourth-order valence-corrected chi connectivity index (χ4v) is 1.74. The highest BCUT2D eigenvalue weighted by atomic mass is 16.5. The Morgan fingerprint density at radius 1 is 1.30 bits per heavy atom. The second-order valence-corrected chi connectivity index (χ2v) is 4.56. The predicted molar refractivity (Wildman–Crippen MR) is 80.7 cm³/mol. The van der Waals surface area contributed by atoms with Gasteiger partial charge in [-0.3, -0.25) is 4.98 Å². The number of aromatic nitrogens is 2. The number of nitrogens with zero attached hydrogens (tertiary/aromatic N) is 2. The third kappa shape index (κ3) is 3.60. The normalized spacial score (nSPS) is 10.3. The fraction of sp³-hybridized carbons (Fsp3) is 0.333. The van der Waals surface area contributed by atoms with Crippen LogP contribution in [0.15, 0.2) is 30.5 Å². The SMILES string of the molecule is CCCOc1nc(NCc2ncccc2C)ccc1N. The van der Waals surface area contributed by atoms with Crippen LogP contribution in [0.2, 0.25) is 0 Å². The van der Waals surface area contributed by atoms with E-state index in [1.54, 1.807) is 12.3 Å². The maximum absolute atomic E-state index is 5.83. The molecule has 0 fully saturated rings. The molecule has 0 bridgehead atoms. The van der Waals surface area contributed by atoms with Gasteiger partial charge in [-0.15, -0.1) is 0 Å². The smallest absolute Gasteiger partial charge is 0.239 e. The van der Waals surface area contributed by atoms with Gasteiger partial charge in [-0.2, -0.15) is 4.98 Å². The molecule has 2 aromatic heterocycles. The summed E-state index contributed by atoms with van der Waals surface area (Å²) >= 11 is 0. The van der Waals surface area contributed by atoms with Crippen LogP contribution in [0.3, 0.4) is 0 Å². The van der Waals surface area contributed by atoms with E-state index in [-0.39, 0.29) is 0 Å². The molecule has 3 N–H and O–H groups in total. The van der Waals surface area contributed by atoms with Crippen molar-refractivity contribution in [3.63, 3.8) is 0 Å². The zero-order chi connectivity index (χ0) is 14.4. The Morgan fingerprint density at radius 3 is 2.90 bits per heavy atom. The Balaban J connectivity index is 2.04. The molecule has 0 unspecified atom stereocenters. The van der Waals surface area contributed by atoms with Crippen molar-refractivity contribution in [2.75, 3.05) is 17.7 Å². The molecule has 5 nitrogen and oxygen atoms in total. The summed E-state index contributed by atoms with van der Waals surface area (Å²) in [5.41, 5.74) is 8.54. The minimum absolute atomic E-state index is 0.481. The molecule has 2 rings (SSSR count). The van der Waals surface area contributed by atoms with E-state index in [4.69, 9.17) is 10.5 Å². The van der Waals surface area contributed by atoms with Crippen molar-refractivity contribution in [1.82, 2.24) is 9.97 Å². The number of hydrogen-bond donors (Lipinski definition) is 2. The van der Waals surface area contributed by atoms with Crippen molar-refractivity contribution in [3.05, 3.63) is 41.7 Å². The molecular weight excluding hydrogens is 252 g/mol. The van der Waals surface area contributed by atoms with Crippen LogP contribution < -0.4 is 15.8 Å². The van der Waals surface area contributed by atoms with E-state index in [0.29, 0.717) is 24.7 Å². The van der Waals surface area contributed by atoms with E-state index in [1.807, 2.05) is 32.0 Å². The van der Waals surface area contributed by atoms with Gasteiger partial charge in [-0.05, 0) is 37.1 Å². The van der Waals surface area contributed by atoms with E-state index < -0.39 is 0 Å². The highest BCUT2D eigenvalue weighted by molar-refractivity contribution is 5.53. The van der Waals surface area contributed by atoms with Crippen LogP contribution in [0.4, 0.5) is 11.5 Å². The first-order valence-corrected chi connectivity index (χ1v) is 6.74. The Bertz CT molecular complexity index is 572. The molecule has 0 atom stereocenters. The molecule has 0 radical (unpaired) electrons. The van der Waals surface area contributed by atoms with Crippen molar-refractivity contribution < 1.29 is 4.74 Å². The number of nitrogens with two attached hydrogens (primary N) is 1. The highest BCUT2D eigenvalue weighted by Crippen LogP contribution is 2.21. The Labute approximate surface area is 119 Å². The number of pyridine rings is 2. The molecule has 0 aliphatic carbocycles. The molecule has 20 heavy (non-hydrogen) atoms. The van der Waals surface area contributed by atoms with Crippen molar-refractivity contribution in [3.8, 4) is 5.88 Å². The van der Waals surface area contributed by atoms with Crippen LogP contribution in [-0.2, 0) is 6.54 Å². The third-order valence-corrected chi connectivity index (χ3v) is 2.89. The van der Waals surface area contributed by atoms with Crippen LogP contribution in [0.1, 0.15) is 24.6 Å². The first-order valence-electron chi connectivity index (χ1n) is 6.74. The summed E-state index contributed by atoms with van der Waals surface area (Å²) in [5.74, 6) is 1.21. The fourth-order valence-electron chi connectivity index (χ4n) is 1.74. The summed E-state index contributed by atoms with van der Waals surface area (Å²) in [7, 11) is 0. The molecule has 0 amide bonds. The maximum Gasteiger partial charge on any atom is 0.239 e. The van der Waals surface area contributed by atoms with Gasteiger partial charge < -0.3 is 15.8 Å². The van der Waals surface area contributed by atoms with Crippen molar-refractivity contribution in [2.24, 2.45) is 0 Å². The van der Waals surface area contributed by atoms with Crippen LogP contribution in [0, 0.1) is 6.92 Å². The minimum atomic E-state index is 0.481. The minimum Gasteiger partial charge on any atom is -0.476 e. The number of ether oxygens (including phenoxy) is 1. The number of aryl methyl sites for hydroxylation is 1. The lowest BCUT2D eigenvalue weighted by Gasteiger charge is -2.11. The van der Waals surface area contributed by atoms with Crippen LogP contribution in [-0.4, -0.2) is 16.6 Å². The monoisotopic (exact) mass is 272 g/mol. The van der Waals surface area contributed by atoms with Gasteiger partial charge in [0.25, 0.3) is 0 Å². The van der Waals surface area contributed by atoms with Gasteiger partial charge in [0.05, 0.1) is 24.5 Å². The highest BCUT2D eigenvalue weighted by Gasteiger charge is 2.05. The summed E-state index contributed by atoms with van der Waals surface area (Å²) in [4.78, 5) is 8.71. The number of nitrogens with one attached hydrogen (secondary N) is 1. The van der Waals surface area contributed by atoms with E-state index in [2.05, 4.69) is 15.3 Å². The lowest BCUT2D eigenvalue weighted by atomic mass is 10.2. The maximum atomic E-state index is 5.83. The molecule has 0 aromatic carbocycles. The number of anilines is 2. The second-order valence-electron chi connectivity index (χ2n) is 4.56. The first-order chi connectivity index (χ1) is 9.70. The van der Waals surface area contributed by atoms with E-state index in [1.165, 1.54) is 0 Å². The first kappa shape index (κ1) is 14.1. The summed E-state index contributed by atoms with van der Waals surface area (Å²) in [6.07, 6.45) is 2.71. The Kier molecular flexibility index (Phi) is 4.76. The van der Waals surface area contributed by atoms with E-state index in [0.717, 1.165) is 23.5 Å². The Morgan fingerprint density at radius 2 is 2.15 bits per heavy atom. The van der Waals surface area contributed by atoms with Gasteiger partial charge in [-0.1, -0.05) is 13.0 Å². The summed E-state index contributed by atoms with van der Waals surface area (Å²) in [5, 5.41) is 3.24. The molecular formula is C15H20N4O. The van der Waals surface area contributed by atoms with Gasteiger partial charge in [0.1, 0.15) is 5.82 Å². The topological polar surface area (TPSA) is 73.1 Å². The van der Waals surface area contributed by atoms with Crippen LogP contribution in [0.5, 0.6) is 5.88 Å². The van der Waals surface area contributed by atoms with Crippen molar-refractivity contribution in [2.45, 2.75) is 26.8 Å². The zero-order valence-corrected chi connectivity index (χ0v) is 11.9. The molecule has 0 aliphatic heterocycles. The average molecular weight is 272 g/mol. The molecule has 0 saturated carbocycles. The molecule has 106 valence electrons. The molecule has 0 saturated heterocycles. The van der Waals surface area contributed by atoms with E-state index in [9.17, 15) is 0 Å². The van der Waals surface area contributed by atoms with Crippen LogP contribution in [0.25, 0.3) is 0 Å². The van der Waals surface area contributed by atoms with Gasteiger partial charge in [0, 0.05) is 6.20 Å². The molecule has 5 heteroatoms. The lowest BCUT2D eigenvalue weighted by Crippen LogP contribution is -2.07. The van der Waals surface area contributed by atoms with Crippen LogP contribution >= 0.6 is 0 Å². The van der Waals surface area contributed by atoms with Crippen molar-refractivity contribution in [1.29, 1.82) is 0 Å². The van der Waals surface area contributed by atoms with Gasteiger partial charge in [0.15, 0.2) is 0 Å². The zero-order valence-electron chi connectivity index (χ0n) is 11.9. The summed E-state index contributed by atoms with van der Waals surface area (Å²) in [6.45, 7) is 5.31. The molecule has 2 aromatic rings. The Hall–Kier alpha value is -2.30. The lowest BCUT2D eigenvalue weighted by molar-refractivity contribution is 0.307. The quantitative estimate of drug-likeness (QED) is 0.846. The number of rotatable bonds is 6. The standard InChI is InChI=1S/C15H20N4O/c1-3-9-20-15-12(16)6-7-14(19-15)18-10-13-11(2)5-4-8-17-13/h4-8H,3,9-10,16H2,1-2H3,(H,18,19). The van der Waals surface area contributed by atoms with Gasteiger partial charge in [-0.25, -0.2) is 0 Å². The second kappa shape index (κ2) is 6.75. The summed E-state index contributed by atoms with van der Waals surface area (Å²) in [6, 6.07) is 7.60. The molecule has 0 aliphatic rings. The van der Waals surface area contributed by atoms with E-state index >= 15 is 0 Å². The van der Waals surface area contributed by atoms with Crippen molar-refractivity contribution >= 4 is 11.5 Å². The third-order valence-electron chi connectivity index (χ3n) is 2.89. The average Bonchev–Trinajstić information content (AvgIpc) is 2.46. The summed E-state index contributed by atoms with van der Waals surface area (Å²) < 4.78 is 5.51. The largest absolute Gasteiger partial charge is 0.476 e. The van der Waals surface area contributed by atoms with Gasteiger partial charge in [0.2, 0.25) is 5.88 Å².